The van der Waals surface area contributed by atoms with E-state index in [2.05, 4.69) is 25.7 Å². The van der Waals surface area contributed by atoms with Crippen molar-refractivity contribution >= 4 is 17.5 Å². The first kappa shape index (κ1) is 19.5. The molecule has 7 nitrogen and oxygen atoms in total. The molecule has 0 aliphatic rings. The van der Waals surface area contributed by atoms with Crippen LogP contribution in [-0.2, 0) is 6.18 Å². The molecule has 1 amide bonds. The number of halogens is 5. The highest BCUT2D eigenvalue weighted by Crippen LogP contribution is 2.27. The lowest BCUT2D eigenvalue weighted by atomic mass is 10.2. The number of alkyl halides is 3. The number of aromatic nitrogens is 4. The zero-order valence-corrected chi connectivity index (χ0v) is 14.3. The number of nitrogens with zero attached hydrogens (tertiary/aromatic N) is 4. The van der Waals surface area contributed by atoms with Crippen LogP contribution in [0.15, 0.2) is 24.3 Å². The van der Waals surface area contributed by atoms with Gasteiger partial charge in [0.1, 0.15) is 23.0 Å². The van der Waals surface area contributed by atoms with E-state index in [1.807, 2.05) is 0 Å². The fourth-order valence-corrected chi connectivity index (χ4v) is 2.40. The highest BCUT2D eigenvalue weighted by atomic mass is 19.4. The molecular weight excluding hydrogens is 387 g/mol. The molecule has 0 saturated heterocycles. The highest BCUT2D eigenvalue weighted by molar-refractivity contribution is 5.94. The second kappa shape index (κ2) is 7.37. The average Bonchev–Trinajstić information content (AvgIpc) is 3.02. The van der Waals surface area contributed by atoms with Crippen LogP contribution in [0.25, 0.3) is 5.78 Å². The third-order valence-corrected chi connectivity index (χ3v) is 3.60. The highest BCUT2D eigenvalue weighted by Gasteiger charge is 2.36. The Morgan fingerprint density at radius 1 is 1.14 bits per heavy atom. The molecule has 2 N–H and O–H groups in total. The quantitative estimate of drug-likeness (QED) is 0.508. The zero-order valence-electron chi connectivity index (χ0n) is 14.3. The fourth-order valence-electron chi connectivity index (χ4n) is 2.40. The molecule has 0 unspecified atom stereocenters. The van der Waals surface area contributed by atoms with Crippen LogP contribution in [-0.4, -0.2) is 38.6 Å². The average molecular weight is 400 g/mol. The number of nitrogens with one attached hydrogen (secondary N) is 2. The first-order chi connectivity index (χ1) is 13.2. The topological polar surface area (TPSA) is 84.2 Å². The van der Waals surface area contributed by atoms with Crippen molar-refractivity contribution < 1.29 is 26.7 Å². The van der Waals surface area contributed by atoms with Crippen molar-refractivity contribution in [1.29, 1.82) is 0 Å². The first-order valence-corrected chi connectivity index (χ1v) is 7.94. The van der Waals surface area contributed by atoms with Crippen LogP contribution in [0.2, 0.25) is 0 Å². The third kappa shape index (κ3) is 4.00. The van der Waals surface area contributed by atoms with E-state index in [4.69, 9.17) is 0 Å². The summed E-state index contributed by atoms with van der Waals surface area (Å²) in [6, 6.07) is 4.48. The summed E-state index contributed by atoms with van der Waals surface area (Å²) in [5.41, 5.74) is -0.315. The Morgan fingerprint density at radius 3 is 2.46 bits per heavy atom. The molecular formula is C16H13F5N6O. The number of anilines is 1. The maximum Gasteiger partial charge on any atom is 0.453 e. The minimum Gasteiger partial charge on any atom is -0.368 e. The van der Waals surface area contributed by atoms with Gasteiger partial charge in [-0.2, -0.15) is 22.7 Å². The Balaban J connectivity index is 1.69. The van der Waals surface area contributed by atoms with Crippen molar-refractivity contribution in [3.8, 4) is 0 Å². The predicted molar refractivity (Wildman–Crippen MR) is 87.7 cm³/mol. The number of carbonyl (C=O) groups excluding carboxylic acids is 1. The van der Waals surface area contributed by atoms with Gasteiger partial charge < -0.3 is 10.6 Å². The molecule has 0 fully saturated rings. The maximum absolute atomic E-state index is 13.6. The molecule has 12 heteroatoms. The normalized spacial score (nSPS) is 11.6. The molecule has 0 bridgehead atoms. The van der Waals surface area contributed by atoms with E-state index in [0.717, 1.165) is 22.7 Å². The maximum atomic E-state index is 13.6. The van der Waals surface area contributed by atoms with E-state index in [-0.39, 0.29) is 24.7 Å². The molecule has 3 aromatic rings. The summed E-state index contributed by atoms with van der Waals surface area (Å²) in [5, 5.41) is 8.48. The van der Waals surface area contributed by atoms with Gasteiger partial charge in [0.15, 0.2) is 0 Å². The summed E-state index contributed by atoms with van der Waals surface area (Å²) >= 11 is 0. The van der Waals surface area contributed by atoms with Crippen molar-refractivity contribution in [2.45, 2.75) is 13.1 Å². The van der Waals surface area contributed by atoms with E-state index in [9.17, 15) is 26.7 Å². The van der Waals surface area contributed by atoms with Gasteiger partial charge in [-0.1, -0.05) is 6.07 Å². The lowest BCUT2D eigenvalue weighted by Gasteiger charge is -2.10. The number of hydrogen-bond acceptors (Lipinski definition) is 5. The van der Waals surface area contributed by atoms with Gasteiger partial charge in [0.05, 0.1) is 0 Å². The second-order valence-electron chi connectivity index (χ2n) is 5.71. The summed E-state index contributed by atoms with van der Waals surface area (Å²) < 4.78 is 66.4. The van der Waals surface area contributed by atoms with E-state index < -0.39 is 35.1 Å². The van der Waals surface area contributed by atoms with Crippen LogP contribution in [0.1, 0.15) is 21.9 Å². The monoisotopic (exact) mass is 400 g/mol. The Labute approximate surface area is 154 Å². The van der Waals surface area contributed by atoms with Gasteiger partial charge in [0.2, 0.25) is 0 Å². The zero-order chi connectivity index (χ0) is 20.5. The van der Waals surface area contributed by atoms with E-state index in [1.54, 1.807) is 6.92 Å². The lowest BCUT2D eigenvalue weighted by molar-refractivity contribution is -0.144. The van der Waals surface area contributed by atoms with Crippen molar-refractivity contribution in [3.05, 3.63) is 53.0 Å². The van der Waals surface area contributed by atoms with Crippen LogP contribution < -0.4 is 10.6 Å². The molecule has 148 valence electrons. The van der Waals surface area contributed by atoms with Gasteiger partial charge in [0.25, 0.3) is 17.5 Å². The van der Waals surface area contributed by atoms with Crippen LogP contribution in [0.4, 0.5) is 27.8 Å². The smallest absolute Gasteiger partial charge is 0.368 e. The number of carbonyl (C=O) groups is 1. The van der Waals surface area contributed by atoms with Crippen molar-refractivity contribution in [3.63, 3.8) is 0 Å². The molecule has 2 heterocycles. The van der Waals surface area contributed by atoms with Gasteiger partial charge in [-0.25, -0.2) is 13.8 Å². The molecule has 0 aliphatic heterocycles. The van der Waals surface area contributed by atoms with Gasteiger partial charge in [-0.15, -0.1) is 5.10 Å². The van der Waals surface area contributed by atoms with Crippen molar-refractivity contribution in [2.75, 3.05) is 18.4 Å². The Morgan fingerprint density at radius 2 is 1.82 bits per heavy atom. The number of hydrogen-bond donors (Lipinski definition) is 2. The molecule has 2 aromatic heterocycles. The molecule has 28 heavy (non-hydrogen) atoms. The van der Waals surface area contributed by atoms with Crippen LogP contribution in [0.3, 0.4) is 0 Å². The standard InChI is InChI=1S/C16H13F5N6O/c1-8-7-11(27-15(24-8)25-14(26-27)16(19,20)21)22-5-6-23-13(28)12-9(17)3-2-4-10(12)18/h2-4,7,22H,5-6H2,1H3,(H,23,28). The minimum atomic E-state index is -4.73. The summed E-state index contributed by atoms with van der Waals surface area (Å²) in [6.07, 6.45) is -4.73. The number of fused-ring (bicyclic) bond motifs is 1. The predicted octanol–water partition coefficient (Wildman–Crippen LogP) is 2.57. The molecule has 3 rings (SSSR count). The largest absolute Gasteiger partial charge is 0.453 e. The molecule has 0 saturated carbocycles. The van der Waals surface area contributed by atoms with E-state index in [0.29, 0.717) is 5.69 Å². The molecule has 0 spiro atoms. The molecule has 0 radical (unpaired) electrons. The Hall–Kier alpha value is -3.31. The van der Waals surface area contributed by atoms with Crippen LogP contribution in [0.5, 0.6) is 0 Å². The Bertz CT molecular complexity index is 1010. The molecule has 0 atom stereocenters. The molecule has 0 aliphatic carbocycles. The SMILES string of the molecule is Cc1cc(NCCNC(=O)c2c(F)cccc2F)n2nc(C(F)(F)F)nc2n1. The van der Waals surface area contributed by atoms with Gasteiger partial charge in [-0.3, -0.25) is 4.79 Å². The van der Waals surface area contributed by atoms with Crippen LogP contribution in [0, 0.1) is 18.6 Å². The molecule has 1 aromatic carbocycles. The van der Waals surface area contributed by atoms with E-state index in [1.165, 1.54) is 6.07 Å². The summed E-state index contributed by atoms with van der Waals surface area (Å²) in [5.74, 6) is -4.37. The number of aryl methyl sites for hydroxylation is 1. The number of benzene rings is 1. The summed E-state index contributed by atoms with van der Waals surface area (Å²) in [4.78, 5) is 19.1. The van der Waals surface area contributed by atoms with Crippen LogP contribution >= 0.6 is 0 Å². The third-order valence-electron chi connectivity index (χ3n) is 3.60. The van der Waals surface area contributed by atoms with Gasteiger partial charge >= 0.3 is 6.18 Å². The second-order valence-corrected chi connectivity index (χ2v) is 5.71. The fraction of sp³-hybridized carbons (Fsp3) is 0.250. The van der Waals surface area contributed by atoms with Gasteiger partial charge in [0, 0.05) is 24.8 Å². The van der Waals surface area contributed by atoms with Crippen molar-refractivity contribution in [2.24, 2.45) is 0 Å². The van der Waals surface area contributed by atoms with Crippen molar-refractivity contribution in [1.82, 2.24) is 24.9 Å². The number of amides is 1. The summed E-state index contributed by atoms with van der Waals surface area (Å²) in [6.45, 7) is 1.55. The number of rotatable bonds is 5. The van der Waals surface area contributed by atoms with Gasteiger partial charge in [-0.05, 0) is 19.1 Å². The minimum absolute atomic E-state index is 0.0432. The lowest BCUT2D eigenvalue weighted by Crippen LogP contribution is -2.30. The first-order valence-electron chi connectivity index (χ1n) is 7.94. The Kier molecular flexibility index (Phi) is 5.12. The van der Waals surface area contributed by atoms with E-state index >= 15 is 0 Å². The summed E-state index contributed by atoms with van der Waals surface area (Å²) in [7, 11) is 0.